The van der Waals surface area contributed by atoms with Gasteiger partial charge in [0.1, 0.15) is 0 Å². The number of allylic oxidation sites excluding steroid dienone is 1. The van der Waals surface area contributed by atoms with Gasteiger partial charge in [-0.25, -0.2) is 0 Å². The Morgan fingerprint density at radius 2 is 1.69 bits per heavy atom. The fraction of sp³-hybridized carbons (Fsp3) is 0.600. The van der Waals surface area contributed by atoms with Crippen LogP contribution in [0, 0.1) is 17.8 Å². The Morgan fingerprint density at radius 3 is 2.34 bits per heavy atom. The third-order valence-corrected chi connectivity index (χ3v) is 5.60. The van der Waals surface area contributed by atoms with Gasteiger partial charge in [-0.2, -0.15) is 0 Å². The second-order valence-corrected chi connectivity index (χ2v) is 7.80. The van der Waals surface area contributed by atoms with E-state index in [0.717, 1.165) is 37.7 Å². The van der Waals surface area contributed by atoms with Crippen LogP contribution in [0.5, 0.6) is 17.2 Å². The summed E-state index contributed by atoms with van der Waals surface area (Å²) in [5.41, 5.74) is 0.776. The summed E-state index contributed by atoms with van der Waals surface area (Å²) in [6.45, 7) is 0. The third kappa shape index (κ3) is 8.03. The molecule has 0 heterocycles. The zero-order chi connectivity index (χ0) is 20.9. The van der Waals surface area contributed by atoms with Crippen LogP contribution in [0.4, 0.5) is 0 Å². The second kappa shape index (κ2) is 13.2. The monoisotopic (exact) mass is 400 g/mol. The highest BCUT2D eigenvalue weighted by Gasteiger charge is 2.19. The first-order chi connectivity index (χ1) is 14.2. The smallest absolute Gasteiger partial charge is 0.200 e. The number of hydrogen-bond acceptors (Lipinski definition) is 4. The SMILES string of the molecule is COc1cc(C#CCCCCCCC=CC(O)C2CCCCC2)cc(OC)c1O. The quantitative estimate of drug-likeness (QED) is 0.305. The Morgan fingerprint density at radius 1 is 1.03 bits per heavy atom. The maximum Gasteiger partial charge on any atom is 0.200 e. The van der Waals surface area contributed by atoms with Gasteiger partial charge >= 0.3 is 0 Å². The molecule has 0 bridgehead atoms. The third-order valence-electron chi connectivity index (χ3n) is 5.60. The summed E-state index contributed by atoms with van der Waals surface area (Å²) < 4.78 is 10.3. The molecule has 0 saturated heterocycles. The summed E-state index contributed by atoms with van der Waals surface area (Å²) in [6, 6.07) is 3.44. The molecule has 1 saturated carbocycles. The van der Waals surface area contributed by atoms with Gasteiger partial charge in [-0.15, -0.1) is 0 Å². The molecule has 1 aromatic rings. The molecule has 2 N–H and O–H groups in total. The lowest BCUT2D eigenvalue weighted by atomic mass is 9.85. The Labute approximate surface area is 175 Å². The maximum absolute atomic E-state index is 10.2. The molecule has 1 aliphatic carbocycles. The molecule has 0 amide bonds. The maximum atomic E-state index is 10.2. The average molecular weight is 401 g/mol. The van der Waals surface area contributed by atoms with Crippen LogP contribution in [-0.4, -0.2) is 30.5 Å². The van der Waals surface area contributed by atoms with Crippen molar-refractivity contribution >= 4 is 0 Å². The van der Waals surface area contributed by atoms with E-state index < -0.39 is 0 Å². The van der Waals surface area contributed by atoms with E-state index in [9.17, 15) is 10.2 Å². The van der Waals surface area contributed by atoms with E-state index in [2.05, 4.69) is 17.9 Å². The minimum atomic E-state index is -0.247. The van der Waals surface area contributed by atoms with Crippen LogP contribution in [0.15, 0.2) is 24.3 Å². The van der Waals surface area contributed by atoms with Crippen molar-refractivity contribution in [2.75, 3.05) is 14.2 Å². The van der Waals surface area contributed by atoms with Gasteiger partial charge in [-0.1, -0.05) is 56.1 Å². The van der Waals surface area contributed by atoms with E-state index in [4.69, 9.17) is 9.47 Å². The van der Waals surface area contributed by atoms with Crippen LogP contribution in [-0.2, 0) is 0 Å². The van der Waals surface area contributed by atoms with E-state index in [-0.39, 0.29) is 11.9 Å². The fourth-order valence-corrected chi connectivity index (χ4v) is 3.83. The Hall–Kier alpha value is -2.12. The lowest BCUT2D eigenvalue weighted by Gasteiger charge is -2.24. The van der Waals surface area contributed by atoms with Crippen LogP contribution < -0.4 is 9.47 Å². The van der Waals surface area contributed by atoms with Gasteiger partial charge < -0.3 is 19.7 Å². The molecule has 1 aliphatic rings. The highest BCUT2D eigenvalue weighted by atomic mass is 16.5. The summed E-state index contributed by atoms with van der Waals surface area (Å²) in [5.74, 6) is 7.52. The molecule has 0 spiro atoms. The van der Waals surface area contributed by atoms with E-state index in [1.54, 1.807) is 12.1 Å². The lowest BCUT2D eigenvalue weighted by Crippen LogP contribution is -2.20. The molecule has 0 radical (unpaired) electrons. The molecule has 4 nitrogen and oxygen atoms in total. The number of aromatic hydroxyl groups is 1. The topological polar surface area (TPSA) is 58.9 Å². The first-order valence-corrected chi connectivity index (χ1v) is 10.9. The molecule has 1 unspecified atom stereocenters. The van der Waals surface area contributed by atoms with Crippen molar-refractivity contribution in [1.29, 1.82) is 0 Å². The number of aliphatic hydroxyl groups is 1. The van der Waals surface area contributed by atoms with Crippen molar-refractivity contribution in [1.82, 2.24) is 0 Å². The minimum absolute atomic E-state index is 0.000796. The average Bonchev–Trinajstić information content (AvgIpc) is 2.76. The summed E-state index contributed by atoms with van der Waals surface area (Å²) in [5, 5.41) is 20.1. The molecule has 4 heteroatoms. The molecule has 160 valence electrons. The molecule has 1 atom stereocenters. The number of phenols is 1. The summed E-state index contributed by atoms with van der Waals surface area (Å²) >= 11 is 0. The lowest BCUT2D eigenvalue weighted by molar-refractivity contribution is 0.125. The number of hydrogen-bond donors (Lipinski definition) is 2. The number of unbranched alkanes of at least 4 members (excludes halogenated alkanes) is 5. The first-order valence-electron chi connectivity index (χ1n) is 10.9. The van der Waals surface area contributed by atoms with Gasteiger partial charge in [0.05, 0.1) is 20.3 Å². The number of rotatable bonds is 10. The molecule has 29 heavy (non-hydrogen) atoms. The minimum Gasteiger partial charge on any atom is -0.502 e. The number of phenolic OH excluding ortho intramolecular Hbond substituents is 1. The van der Waals surface area contributed by atoms with Crippen molar-refractivity contribution in [3.8, 4) is 29.1 Å². The molecule has 0 aromatic heterocycles. The largest absolute Gasteiger partial charge is 0.502 e. The Balaban J connectivity index is 1.60. The van der Waals surface area contributed by atoms with Crippen LogP contribution in [0.25, 0.3) is 0 Å². The van der Waals surface area contributed by atoms with E-state index >= 15 is 0 Å². The van der Waals surface area contributed by atoms with Gasteiger partial charge in [0, 0.05) is 12.0 Å². The van der Waals surface area contributed by atoms with Crippen molar-refractivity contribution in [2.45, 2.75) is 76.7 Å². The number of methoxy groups -OCH3 is 2. The number of benzene rings is 1. The second-order valence-electron chi connectivity index (χ2n) is 7.80. The van der Waals surface area contributed by atoms with E-state index in [1.807, 2.05) is 6.08 Å². The first kappa shape index (κ1) is 23.2. The molecule has 1 aromatic carbocycles. The van der Waals surface area contributed by atoms with Crippen LogP contribution in [0.2, 0.25) is 0 Å². The number of aliphatic hydroxyl groups excluding tert-OH is 1. The Bertz CT molecular complexity index is 668. The predicted octanol–water partition coefficient (Wildman–Crippen LogP) is 5.60. The fourth-order valence-electron chi connectivity index (χ4n) is 3.83. The molecule has 2 rings (SSSR count). The zero-order valence-corrected chi connectivity index (χ0v) is 18.0. The van der Waals surface area contributed by atoms with Crippen LogP contribution in [0.3, 0.4) is 0 Å². The van der Waals surface area contributed by atoms with E-state index in [1.165, 1.54) is 52.7 Å². The zero-order valence-electron chi connectivity index (χ0n) is 18.0. The van der Waals surface area contributed by atoms with Crippen molar-refractivity contribution in [2.24, 2.45) is 5.92 Å². The van der Waals surface area contributed by atoms with Gasteiger partial charge in [-0.05, 0) is 50.2 Å². The van der Waals surface area contributed by atoms with Gasteiger partial charge in [0.2, 0.25) is 5.75 Å². The van der Waals surface area contributed by atoms with E-state index in [0.29, 0.717) is 17.4 Å². The summed E-state index contributed by atoms with van der Waals surface area (Å²) in [4.78, 5) is 0. The highest BCUT2D eigenvalue weighted by Crippen LogP contribution is 2.36. The van der Waals surface area contributed by atoms with Gasteiger partial charge in [0.15, 0.2) is 11.5 Å². The van der Waals surface area contributed by atoms with Crippen molar-refractivity contribution in [3.05, 3.63) is 29.8 Å². The van der Waals surface area contributed by atoms with Crippen molar-refractivity contribution in [3.63, 3.8) is 0 Å². The van der Waals surface area contributed by atoms with Crippen LogP contribution in [0.1, 0.15) is 76.2 Å². The predicted molar refractivity (Wildman–Crippen MR) is 118 cm³/mol. The normalized spacial score (nSPS) is 15.7. The van der Waals surface area contributed by atoms with Gasteiger partial charge in [0.25, 0.3) is 0 Å². The summed E-state index contributed by atoms with van der Waals surface area (Å²) in [6.07, 6.45) is 16.6. The van der Waals surface area contributed by atoms with Gasteiger partial charge in [-0.3, -0.25) is 0 Å². The highest BCUT2D eigenvalue weighted by molar-refractivity contribution is 5.56. The Kier molecular flexibility index (Phi) is 10.5. The standard InChI is InChI=1S/C25H36O4/c1-28-23-18-20(19-24(29-2)25(23)27)14-10-7-5-3-4-6-8-13-17-22(26)21-15-11-9-12-16-21/h13,17-19,21-22,26-27H,3-9,11-12,15-16H2,1-2H3. The summed E-state index contributed by atoms with van der Waals surface area (Å²) in [7, 11) is 3.02. The van der Waals surface area contributed by atoms with Crippen LogP contribution >= 0.6 is 0 Å². The number of ether oxygens (including phenoxy) is 2. The molecule has 1 fully saturated rings. The molecular formula is C25H36O4. The molecule has 0 aliphatic heterocycles. The van der Waals surface area contributed by atoms with Crippen molar-refractivity contribution < 1.29 is 19.7 Å². The molecular weight excluding hydrogens is 364 g/mol.